The Labute approximate surface area is 111 Å². The van der Waals surface area contributed by atoms with Crippen molar-refractivity contribution in [3.05, 3.63) is 16.9 Å². The third-order valence-corrected chi connectivity index (χ3v) is 4.11. The van der Waals surface area contributed by atoms with E-state index in [0.29, 0.717) is 5.88 Å². The van der Waals surface area contributed by atoms with Crippen molar-refractivity contribution in [2.75, 3.05) is 7.11 Å². The highest BCUT2D eigenvalue weighted by molar-refractivity contribution is 7.71. The summed E-state index contributed by atoms with van der Waals surface area (Å²) < 4.78 is 8.02. The lowest BCUT2D eigenvalue weighted by molar-refractivity contribution is 0.283. The Hall–Kier alpha value is -1.36. The molecule has 0 aromatic carbocycles. The third kappa shape index (κ3) is 2.03. The van der Waals surface area contributed by atoms with Gasteiger partial charge in [-0.2, -0.15) is 4.98 Å². The Morgan fingerprint density at radius 3 is 3.00 bits per heavy atom. The molecule has 0 bridgehead atoms. The second-order valence-electron chi connectivity index (χ2n) is 4.89. The Morgan fingerprint density at radius 2 is 2.33 bits per heavy atom. The quantitative estimate of drug-likeness (QED) is 0.861. The maximum atomic E-state index is 5.37. The van der Waals surface area contributed by atoms with Crippen LogP contribution in [0.15, 0.2) is 12.1 Å². The lowest BCUT2D eigenvalue weighted by atomic mass is 9.83. The van der Waals surface area contributed by atoms with Crippen molar-refractivity contribution in [1.82, 2.24) is 14.5 Å². The van der Waals surface area contributed by atoms with Gasteiger partial charge < -0.3 is 14.3 Å². The summed E-state index contributed by atoms with van der Waals surface area (Å²) >= 11 is 5.37. The number of nitrogens with zero attached hydrogens (tertiary/aromatic N) is 2. The number of hydrogen-bond acceptors (Lipinski definition) is 3. The molecule has 1 fully saturated rings. The summed E-state index contributed by atoms with van der Waals surface area (Å²) in [5.41, 5.74) is 1.88. The first-order valence-electron chi connectivity index (χ1n) is 6.41. The summed E-state index contributed by atoms with van der Waals surface area (Å²) in [5, 5.41) is 0. The molecule has 1 aliphatic carbocycles. The van der Waals surface area contributed by atoms with E-state index in [1.165, 1.54) is 25.7 Å². The van der Waals surface area contributed by atoms with Crippen molar-refractivity contribution < 1.29 is 4.74 Å². The molecule has 4 nitrogen and oxygen atoms in total. The van der Waals surface area contributed by atoms with E-state index in [0.717, 1.165) is 28.4 Å². The van der Waals surface area contributed by atoms with E-state index in [9.17, 15) is 0 Å². The lowest BCUT2D eigenvalue weighted by Crippen LogP contribution is -2.14. The van der Waals surface area contributed by atoms with Crippen molar-refractivity contribution in [2.45, 2.75) is 32.2 Å². The number of hydrogen-bond donors (Lipinski definition) is 1. The average Bonchev–Trinajstić information content (AvgIpc) is 2.63. The molecule has 0 amide bonds. The molecule has 2 aromatic heterocycles. The van der Waals surface area contributed by atoms with E-state index < -0.39 is 0 Å². The summed E-state index contributed by atoms with van der Waals surface area (Å²) in [6.07, 6.45) is 5.31. The number of methoxy groups -OCH3 is 1. The molecule has 0 unspecified atom stereocenters. The van der Waals surface area contributed by atoms with E-state index in [2.05, 4.69) is 14.5 Å². The van der Waals surface area contributed by atoms with Crippen LogP contribution in [-0.4, -0.2) is 21.6 Å². The van der Waals surface area contributed by atoms with E-state index in [4.69, 9.17) is 17.0 Å². The standard InChI is InChI=1S/C13H17N3OS/c1-17-11-6-5-10-12(15-11)16(13(18)14-10)8-7-9-3-2-4-9/h5-6,9H,2-4,7-8H2,1H3,(H,14,18). The van der Waals surface area contributed by atoms with Gasteiger partial charge in [-0.15, -0.1) is 0 Å². The van der Waals surface area contributed by atoms with E-state index in [-0.39, 0.29) is 0 Å². The number of H-pyrrole nitrogens is 1. The second kappa shape index (κ2) is 4.72. The van der Waals surface area contributed by atoms with Gasteiger partial charge in [-0.25, -0.2) is 0 Å². The fourth-order valence-corrected chi connectivity index (χ4v) is 2.72. The Balaban J connectivity index is 1.92. The van der Waals surface area contributed by atoms with E-state index >= 15 is 0 Å². The average molecular weight is 263 g/mol. The number of fused-ring (bicyclic) bond motifs is 1. The van der Waals surface area contributed by atoms with Crippen molar-refractivity contribution in [1.29, 1.82) is 0 Å². The Morgan fingerprint density at radius 1 is 1.50 bits per heavy atom. The van der Waals surface area contributed by atoms with E-state index in [1.54, 1.807) is 7.11 Å². The van der Waals surface area contributed by atoms with Crippen LogP contribution in [0.1, 0.15) is 25.7 Å². The number of pyridine rings is 1. The van der Waals surface area contributed by atoms with Gasteiger partial charge in [0.1, 0.15) is 0 Å². The number of rotatable bonds is 4. The molecule has 5 heteroatoms. The molecule has 1 aliphatic rings. The monoisotopic (exact) mass is 263 g/mol. The Kier molecular flexibility index (Phi) is 3.07. The highest BCUT2D eigenvalue weighted by Gasteiger charge is 2.18. The first kappa shape index (κ1) is 11.7. The first-order valence-corrected chi connectivity index (χ1v) is 6.82. The molecule has 1 N–H and O–H groups in total. The molecule has 0 saturated heterocycles. The van der Waals surface area contributed by atoms with Crippen LogP contribution < -0.4 is 4.74 Å². The molecule has 96 valence electrons. The summed E-state index contributed by atoms with van der Waals surface area (Å²) in [6, 6.07) is 3.82. The second-order valence-corrected chi connectivity index (χ2v) is 5.28. The maximum Gasteiger partial charge on any atom is 0.215 e. The van der Waals surface area contributed by atoms with Crippen LogP contribution in [0.2, 0.25) is 0 Å². The van der Waals surface area contributed by atoms with Gasteiger partial charge in [-0.05, 0) is 30.6 Å². The SMILES string of the molecule is COc1ccc2[nH]c(=S)n(CCC3CCC3)c2n1. The van der Waals surface area contributed by atoms with Crippen molar-refractivity contribution in [2.24, 2.45) is 5.92 Å². The predicted octanol–water partition coefficient (Wildman–Crippen LogP) is 3.29. The van der Waals surface area contributed by atoms with Crippen LogP contribution in [0, 0.1) is 10.7 Å². The normalized spacial score (nSPS) is 15.8. The smallest absolute Gasteiger partial charge is 0.215 e. The number of imidazole rings is 1. The molecular formula is C13H17N3OS. The van der Waals surface area contributed by atoms with Gasteiger partial charge in [-0.1, -0.05) is 19.3 Å². The van der Waals surface area contributed by atoms with Gasteiger partial charge >= 0.3 is 0 Å². The van der Waals surface area contributed by atoms with Crippen LogP contribution in [0.4, 0.5) is 0 Å². The Bertz CT molecular complexity index is 612. The molecule has 0 aliphatic heterocycles. The summed E-state index contributed by atoms with van der Waals surface area (Å²) in [7, 11) is 1.63. The molecular weight excluding hydrogens is 246 g/mol. The number of aromatic amines is 1. The van der Waals surface area contributed by atoms with Crippen LogP contribution in [0.5, 0.6) is 5.88 Å². The molecule has 0 radical (unpaired) electrons. The zero-order valence-corrected chi connectivity index (χ0v) is 11.3. The molecule has 2 aromatic rings. The highest BCUT2D eigenvalue weighted by atomic mass is 32.1. The maximum absolute atomic E-state index is 5.37. The number of nitrogens with one attached hydrogen (secondary N) is 1. The summed E-state index contributed by atoms with van der Waals surface area (Å²) in [5.74, 6) is 1.51. The van der Waals surface area contributed by atoms with Crippen LogP contribution in [0.25, 0.3) is 11.2 Å². The van der Waals surface area contributed by atoms with Gasteiger partial charge in [0.25, 0.3) is 0 Å². The number of aromatic nitrogens is 3. The zero-order valence-electron chi connectivity index (χ0n) is 10.5. The first-order chi connectivity index (χ1) is 8.78. The summed E-state index contributed by atoms with van der Waals surface area (Å²) in [4.78, 5) is 7.68. The minimum atomic E-state index is 0.633. The fraction of sp³-hybridized carbons (Fsp3) is 0.538. The third-order valence-electron chi connectivity index (χ3n) is 3.79. The zero-order chi connectivity index (χ0) is 12.5. The molecule has 1 saturated carbocycles. The summed E-state index contributed by atoms with van der Waals surface area (Å²) in [6.45, 7) is 0.948. The van der Waals surface area contributed by atoms with Gasteiger partial charge in [0.15, 0.2) is 10.4 Å². The van der Waals surface area contributed by atoms with Gasteiger partial charge in [-0.3, -0.25) is 0 Å². The van der Waals surface area contributed by atoms with Gasteiger partial charge in [0.2, 0.25) is 5.88 Å². The molecule has 2 heterocycles. The topological polar surface area (TPSA) is 42.8 Å². The molecule has 3 rings (SSSR count). The minimum Gasteiger partial charge on any atom is -0.481 e. The van der Waals surface area contributed by atoms with Crippen LogP contribution in [-0.2, 0) is 6.54 Å². The molecule has 18 heavy (non-hydrogen) atoms. The van der Waals surface area contributed by atoms with Crippen molar-refractivity contribution >= 4 is 23.4 Å². The molecule has 0 spiro atoms. The highest BCUT2D eigenvalue weighted by Crippen LogP contribution is 2.30. The number of ether oxygens (including phenoxy) is 1. The minimum absolute atomic E-state index is 0.633. The predicted molar refractivity (Wildman–Crippen MR) is 73.4 cm³/mol. The van der Waals surface area contributed by atoms with Crippen molar-refractivity contribution in [3.8, 4) is 5.88 Å². The van der Waals surface area contributed by atoms with Gasteiger partial charge in [0.05, 0.1) is 12.6 Å². The molecule has 0 atom stereocenters. The van der Waals surface area contributed by atoms with E-state index in [1.807, 2.05) is 12.1 Å². The largest absolute Gasteiger partial charge is 0.481 e. The van der Waals surface area contributed by atoms with Gasteiger partial charge in [0, 0.05) is 12.6 Å². The van der Waals surface area contributed by atoms with Crippen LogP contribution >= 0.6 is 12.2 Å². The van der Waals surface area contributed by atoms with Crippen LogP contribution in [0.3, 0.4) is 0 Å². The fourth-order valence-electron chi connectivity index (χ4n) is 2.43. The number of aryl methyl sites for hydroxylation is 1. The lowest BCUT2D eigenvalue weighted by Gasteiger charge is -2.25. The van der Waals surface area contributed by atoms with Crippen molar-refractivity contribution in [3.63, 3.8) is 0 Å².